The summed E-state index contributed by atoms with van der Waals surface area (Å²) in [5, 5.41) is 6.73. The normalized spacial score (nSPS) is 16.6. The highest BCUT2D eigenvalue weighted by molar-refractivity contribution is 7.90. The second kappa shape index (κ2) is 4.19. The van der Waals surface area contributed by atoms with Gasteiger partial charge in [-0.05, 0) is 16.3 Å². The van der Waals surface area contributed by atoms with E-state index in [2.05, 4.69) is 38.8 Å². The van der Waals surface area contributed by atoms with E-state index in [0.717, 1.165) is 5.19 Å². The molecule has 0 radical (unpaired) electrons. The first-order valence-corrected chi connectivity index (χ1v) is 10.1. The standard InChI is InChI=1S/C11H21N3OSSi/c1-11(2,3)17(4,5)9-7-6-8-14-10(9)16(12,13)15/h6-8H,1-5H3,(H3,12,13,15). The van der Waals surface area contributed by atoms with Crippen LogP contribution in [0, 0.1) is 4.78 Å². The van der Waals surface area contributed by atoms with Gasteiger partial charge >= 0.3 is 0 Å². The summed E-state index contributed by atoms with van der Waals surface area (Å²) in [7, 11) is -5.13. The van der Waals surface area contributed by atoms with Gasteiger partial charge in [0.15, 0.2) is 0 Å². The Hall–Kier alpha value is -0.723. The minimum absolute atomic E-state index is 0.0927. The molecule has 1 heterocycles. The Morgan fingerprint density at radius 1 is 1.41 bits per heavy atom. The van der Waals surface area contributed by atoms with E-state index in [1.54, 1.807) is 6.20 Å². The highest BCUT2D eigenvalue weighted by Crippen LogP contribution is 2.36. The van der Waals surface area contributed by atoms with Gasteiger partial charge in [0, 0.05) is 6.20 Å². The van der Waals surface area contributed by atoms with E-state index >= 15 is 0 Å². The Kier molecular flexibility index (Phi) is 3.53. The fraction of sp³-hybridized carbons (Fsp3) is 0.545. The first kappa shape index (κ1) is 14.3. The van der Waals surface area contributed by atoms with Crippen LogP contribution in [0.4, 0.5) is 0 Å². The van der Waals surface area contributed by atoms with Gasteiger partial charge in [-0.25, -0.2) is 19.1 Å². The van der Waals surface area contributed by atoms with Gasteiger partial charge in [0.1, 0.15) is 14.9 Å². The van der Waals surface area contributed by atoms with Crippen LogP contribution in [0.1, 0.15) is 20.8 Å². The summed E-state index contributed by atoms with van der Waals surface area (Å²) < 4.78 is 19.4. The van der Waals surface area contributed by atoms with Gasteiger partial charge in [-0.2, -0.15) is 0 Å². The van der Waals surface area contributed by atoms with E-state index in [0.29, 0.717) is 0 Å². The van der Waals surface area contributed by atoms with Crippen LogP contribution in [0.5, 0.6) is 0 Å². The molecule has 0 aromatic carbocycles. The van der Waals surface area contributed by atoms with Gasteiger partial charge in [-0.3, -0.25) is 0 Å². The number of nitrogens with one attached hydrogen (secondary N) is 1. The quantitative estimate of drug-likeness (QED) is 0.808. The van der Waals surface area contributed by atoms with Crippen LogP contribution >= 0.6 is 0 Å². The van der Waals surface area contributed by atoms with E-state index in [1.807, 2.05) is 12.1 Å². The summed E-state index contributed by atoms with van der Waals surface area (Å²) in [4.78, 5) is 4.08. The molecule has 0 amide bonds. The van der Waals surface area contributed by atoms with Crippen LogP contribution < -0.4 is 10.3 Å². The van der Waals surface area contributed by atoms with Crippen LogP contribution in [-0.2, 0) is 9.92 Å². The van der Waals surface area contributed by atoms with Gasteiger partial charge in [-0.15, -0.1) is 0 Å². The highest BCUT2D eigenvalue weighted by Gasteiger charge is 2.39. The minimum atomic E-state index is -3.25. The van der Waals surface area contributed by atoms with Crippen molar-refractivity contribution in [3.05, 3.63) is 18.3 Å². The van der Waals surface area contributed by atoms with E-state index in [4.69, 9.17) is 9.92 Å². The molecule has 0 spiro atoms. The first-order chi connectivity index (χ1) is 7.48. The Balaban J connectivity index is 3.54. The van der Waals surface area contributed by atoms with Crippen LogP contribution in [0.2, 0.25) is 18.1 Å². The van der Waals surface area contributed by atoms with Crippen molar-refractivity contribution in [3.63, 3.8) is 0 Å². The second-order valence-electron chi connectivity index (χ2n) is 5.83. The van der Waals surface area contributed by atoms with Crippen molar-refractivity contribution in [1.29, 1.82) is 4.78 Å². The molecule has 1 atom stereocenters. The summed E-state index contributed by atoms with van der Waals surface area (Å²) in [6.45, 7) is 10.9. The maximum absolute atomic E-state index is 11.8. The molecule has 0 aliphatic carbocycles. The molecule has 0 bridgehead atoms. The predicted molar refractivity (Wildman–Crippen MR) is 74.4 cm³/mol. The predicted octanol–water partition coefficient (Wildman–Crippen LogP) is 2.08. The molecule has 0 saturated heterocycles. The van der Waals surface area contributed by atoms with Crippen molar-refractivity contribution in [3.8, 4) is 0 Å². The van der Waals surface area contributed by atoms with Crippen LogP contribution in [0.3, 0.4) is 0 Å². The first-order valence-electron chi connectivity index (χ1n) is 5.50. The molecule has 0 aliphatic rings. The molecule has 1 aromatic rings. The average molecular weight is 271 g/mol. The number of rotatable bonds is 2. The number of nitrogens with zero attached hydrogens (tertiary/aromatic N) is 1. The van der Waals surface area contributed by atoms with E-state index in [1.165, 1.54) is 0 Å². The van der Waals surface area contributed by atoms with Crippen molar-refractivity contribution in [2.24, 2.45) is 5.14 Å². The van der Waals surface area contributed by atoms with Gasteiger partial charge in [0.25, 0.3) is 0 Å². The lowest BCUT2D eigenvalue weighted by atomic mass is 10.2. The third-order valence-electron chi connectivity index (χ3n) is 3.61. The lowest BCUT2D eigenvalue weighted by Gasteiger charge is -2.38. The monoisotopic (exact) mass is 271 g/mol. The molecule has 1 aromatic heterocycles. The highest BCUT2D eigenvalue weighted by atomic mass is 32.2. The molecule has 17 heavy (non-hydrogen) atoms. The largest absolute Gasteiger partial charge is 0.245 e. The number of hydrogen-bond acceptors (Lipinski definition) is 3. The van der Waals surface area contributed by atoms with Crippen molar-refractivity contribution < 1.29 is 4.21 Å². The average Bonchev–Trinajstić information content (AvgIpc) is 2.14. The molecular formula is C11H21N3OSSi. The topological polar surface area (TPSA) is 79.8 Å². The van der Waals surface area contributed by atoms with E-state index in [-0.39, 0.29) is 10.1 Å². The second-order valence-corrected chi connectivity index (χ2v) is 12.7. The lowest BCUT2D eigenvalue weighted by molar-refractivity contribution is 0.673. The molecule has 0 aliphatic heterocycles. The molecule has 96 valence electrons. The third-order valence-corrected chi connectivity index (χ3v) is 10.2. The van der Waals surface area contributed by atoms with Crippen molar-refractivity contribution in [1.82, 2.24) is 4.98 Å². The zero-order valence-electron chi connectivity index (χ0n) is 11.1. The number of hydrogen-bond donors (Lipinski definition) is 2. The summed E-state index contributed by atoms with van der Waals surface area (Å²) in [6.07, 6.45) is 1.55. The van der Waals surface area contributed by atoms with Crippen LogP contribution in [0.25, 0.3) is 0 Å². The van der Waals surface area contributed by atoms with E-state index in [9.17, 15) is 4.21 Å². The third kappa shape index (κ3) is 2.75. The smallest absolute Gasteiger partial charge is 0.149 e. The molecule has 1 rings (SSSR count). The Bertz CT molecular complexity index is 518. The van der Waals surface area contributed by atoms with E-state index < -0.39 is 18.0 Å². The molecule has 0 fully saturated rings. The molecule has 1 unspecified atom stereocenters. The number of aromatic nitrogens is 1. The maximum Gasteiger partial charge on any atom is 0.149 e. The maximum atomic E-state index is 11.8. The fourth-order valence-electron chi connectivity index (χ4n) is 1.51. The van der Waals surface area contributed by atoms with Crippen molar-refractivity contribution in [2.75, 3.05) is 0 Å². The number of nitrogens with two attached hydrogens (primary N) is 1. The molecular weight excluding hydrogens is 250 g/mol. The van der Waals surface area contributed by atoms with Gasteiger partial charge < -0.3 is 0 Å². The summed E-state index contributed by atoms with van der Waals surface area (Å²) in [6, 6.07) is 3.74. The van der Waals surface area contributed by atoms with Crippen LogP contribution in [-0.4, -0.2) is 17.3 Å². The Morgan fingerprint density at radius 2 is 1.94 bits per heavy atom. The Morgan fingerprint density at radius 3 is 2.35 bits per heavy atom. The summed E-state index contributed by atoms with van der Waals surface area (Å²) >= 11 is 0. The zero-order valence-corrected chi connectivity index (χ0v) is 12.9. The Labute approximate surface area is 105 Å². The van der Waals surface area contributed by atoms with Crippen LogP contribution in [0.15, 0.2) is 23.4 Å². The molecule has 0 saturated carbocycles. The lowest BCUT2D eigenvalue weighted by Crippen LogP contribution is -2.52. The zero-order chi connectivity index (χ0) is 13.5. The van der Waals surface area contributed by atoms with Crippen molar-refractivity contribution in [2.45, 2.75) is 43.9 Å². The number of pyridine rings is 1. The fourth-order valence-corrected chi connectivity index (χ4v) is 5.26. The summed E-state index contributed by atoms with van der Waals surface area (Å²) in [5.74, 6) is 0. The van der Waals surface area contributed by atoms with Gasteiger partial charge in [0.05, 0.1) is 8.07 Å². The van der Waals surface area contributed by atoms with Gasteiger partial charge in [-0.1, -0.05) is 39.9 Å². The summed E-state index contributed by atoms with van der Waals surface area (Å²) in [5.41, 5.74) is 0. The SMILES string of the molecule is CC(C)(C)[Si](C)(C)c1cccnc1S(=N)(N)=O. The van der Waals surface area contributed by atoms with Gasteiger partial charge in [0.2, 0.25) is 0 Å². The molecule has 3 N–H and O–H groups in total. The van der Waals surface area contributed by atoms with Crippen molar-refractivity contribution >= 4 is 23.2 Å². The molecule has 6 heteroatoms. The minimum Gasteiger partial charge on any atom is -0.245 e. The molecule has 4 nitrogen and oxygen atoms in total.